The van der Waals surface area contributed by atoms with Gasteiger partial charge in [-0.3, -0.25) is 4.79 Å². The van der Waals surface area contributed by atoms with Gasteiger partial charge < -0.3 is 19.3 Å². The van der Waals surface area contributed by atoms with Crippen LogP contribution in [0.3, 0.4) is 0 Å². The average Bonchev–Trinajstić information content (AvgIpc) is 2.46. The molecule has 0 spiro atoms. The lowest BCUT2D eigenvalue weighted by molar-refractivity contribution is -0.146. The SMILES string of the molecule is CCCCOC(=O)CC(O)c1cc(OC)ccc1OC. The number of carbonyl (C=O) groups excluding carboxylic acids is 1. The van der Waals surface area contributed by atoms with E-state index in [1.165, 1.54) is 14.2 Å². The monoisotopic (exact) mass is 282 g/mol. The Morgan fingerprint density at radius 1 is 1.30 bits per heavy atom. The number of methoxy groups -OCH3 is 2. The summed E-state index contributed by atoms with van der Waals surface area (Å²) in [5.41, 5.74) is 0.513. The Morgan fingerprint density at radius 3 is 2.65 bits per heavy atom. The Morgan fingerprint density at radius 2 is 2.05 bits per heavy atom. The van der Waals surface area contributed by atoms with Gasteiger partial charge in [0.2, 0.25) is 0 Å². The van der Waals surface area contributed by atoms with E-state index in [1.54, 1.807) is 18.2 Å². The average molecular weight is 282 g/mol. The third-order valence-electron chi connectivity index (χ3n) is 2.92. The number of unbranched alkanes of at least 4 members (excludes halogenated alkanes) is 1. The van der Waals surface area contributed by atoms with Gasteiger partial charge in [-0.1, -0.05) is 13.3 Å². The standard InChI is InChI=1S/C15H22O5/c1-4-5-8-20-15(17)10-13(16)12-9-11(18-2)6-7-14(12)19-3/h6-7,9,13,16H,4-5,8,10H2,1-3H3. The van der Waals surface area contributed by atoms with E-state index < -0.39 is 12.1 Å². The Labute approximate surface area is 119 Å². The van der Waals surface area contributed by atoms with Crippen LogP contribution in [0.4, 0.5) is 0 Å². The molecule has 5 nitrogen and oxygen atoms in total. The fraction of sp³-hybridized carbons (Fsp3) is 0.533. The van der Waals surface area contributed by atoms with Crippen LogP contribution in [-0.4, -0.2) is 31.9 Å². The molecule has 0 aliphatic heterocycles. The second-order valence-corrected chi connectivity index (χ2v) is 4.40. The molecule has 0 bridgehead atoms. The summed E-state index contributed by atoms with van der Waals surface area (Å²) in [6, 6.07) is 5.08. The summed E-state index contributed by atoms with van der Waals surface area (Å²) in [5.74, 6) is 0.690. The molecule has 112 valence electrons. The first-order valence-electron chi connectivity index (χ1n) is 6.68. The number of rotatable bonds is 8. The number of carbonyl (C=O) groups is 1. The van der Waals surface area contributed by atoms with Gasteiger partial charge in [-0.05, 0) is 24.6 Å². The number of hydrogen-bond donors (Lipinski definition) is 1. The summed E-state index contributed by atoms with van der Waals surface area (Å²) < 4.78 is 15.3. The second-order valence-electron chi connectivity index (χ2n) is 4.40. The van der Waals surface area contributed by atoms with Crippen molar-refractivity contribution in [3.63, 3.8) is 0 Å². The van der Waals surface area contributed by atoms with E-state index in [0.717, 1.165) is 12.8 Å². The van der Waals surface area contributed by atoms with Crippen molar-refractivity contribution < 1.29 is 24.1 Å². The topological polar surface area (TPSA) is 65.0 Å². The normalized spacial score (nSPS) is 11.8. The summed E-state index contributed by atoms with van der Waals surface area (Å²) in [6.07, 6.45) is 0.700. The lowest BCUT2D eigenvalue weighted by Gasteiger charge is -2.15. The lowest BCUT2D eigenvalue weighted by Crippen LogP contribution is -2.12. The van der Waals surface area contributed by atoms with Crippen molar-refractivity contribution in [1.82, 2.24) is 0 Å². The zero-order valence-corrected chi connectivity index (χ0v) is 12.2. The van der Waals surface area contributed by atoms with Gasteiger partial charge in [0.25, 0.3) is 0 Å². The molecule has 0 radical (unpaired) electrons. The molecule has 1 unspecified atom stereocenters. The first kappa shape index (κ1) is 16.3. The predicted molar refractivity (Wildman–Crippen MR) is 75.0 cm³/mol. The molecule has 0 aromatic heterocycles. The summed E-state index contributed by atoms with van der Waals surface area (Å²) in [7, 11) is 3.05. The molecule has 0 saturated heterocycles. The van der Waals surface area contributed by atoms with Gasteiger partial charge in [0.1, 0.15) is 11.5 Å². The minimum atomic E-state index is -0.978. The smallest absolute Gasteiger partial charge is 0.308 e. The van der Waals surface area contributed by atoms with E-state index in [-0.39, 0.29) is 6.42 Å². The first-order chi connectivity index (χ1) is 9.62. The van der Waals surface area contributed by atoms with Gasteiger partial charge in [-0.2, -0.15) is 0 Å². The highest BCUT2D eigenvalue weighted by atomic mass is 16.5. The fourth-order valence-electron chi connectivity index (χ4n) is 1.76. The molecule has 1 aromatic rings. The van der Waals surface area contributed by atoms with Crippen molar-refractivity contribution in [3.05, 3.63) is 23.8 Å². The van der Waals surface area contributed by atoms with E-state index in [1.807, 2.05) is 6.92 Å². The maximum absolute atomic E-state index is 11.6. The molecule has 5 heteroatoms. The van der Waals surface area contributed by atoms with Gasteiger partial charge in [0.15, 0.2) is 0 Å². The number of benzene rings is 1. The minimum Gasteiger partial charge on any atom is -0.497 e. The predicted octanol–water partition coefficient (Wildman–Crippen LogP) is 2.47. The van der Waals surface area contributed by atoms with Crippen molar-refractivity contribution in [2.24, 2.45) is 0 Å². The van der Waals surface area contributed by atoms with Crippen LogP contribution >= 0.6 is 0 Å². The van der Waals surface area contributed by atoms with Gasteiger partial charge in [-0.15, -0.1) is 0 Å². The van der Waals surface area contributed by atoms with Crippen LogP contribution in [0.2, 0.25) is 0 Å². The number of aliphatic hydroxyl groups is 1. The summed E-state index contributed by atoms with van der Waals surface area (Å²) in [4.78, 5) is 11.6. The Bertz CT molecular complexity index is 430. The highest BCUT2D eigenvalue weighted by molar-refractivity contribution is 5.70. The first-order valence-corrected chi connectivity index (χ1v) is 6.68. The third kappa shape index (κ3) is 4.74. The zero-order chi connectivity index (χ0) is 15.0. The summed E-state index contributed by atoms with van der Waals surface area (Å²) in [6.45, 7) is 2.40. The molecule has 0 aliphatic carbocycles. The number of ether oxygens (including phenoxy) is 3. The minimum absolute atomic E-state index is 0.104. The van der Waals surface area contributed by atoms with E-state index >= 15 is 0 Å². The molecule has 0 fully saturated rings. The maximum atomic E-state index is 11.6. The highest BCUT2D eigenvalue weighted by Crippen LogP contribution is 2.31. The molecule has 1 rings (SSSR count). The Hall–Kier alpha value is -1.75. The molecule has 0 aliphatic rings. The van der Waals surface area contributed by atoms with Gasteiger partial charge in [-0.25, -0.2) is 0 Å². The summed E-state index contributed by atoms with van der Waals surface area (Å²) >= 11 is 0. The number of aliphatic hydroxyl groups excluding tert-OH is 1. The van der Waals surface area contributed by atoms with E-state index in [2.05, 4.69) is 0 Å². The van der Waals surface area contributed by atoms with Crippen molar-refractivity contribution >= 4 is 5.97 Å². The van der Waals surface area contributed by atoms with Crippen molar-refractivity contribution in [2.75, 3.05) is 20.8 Å². The molecular formula is C15H22O5. The Balaban J connectivity index is 2.70. The third-order valence-corrected chi connectivity index (χ3v) is 2.92. The van der Waals surface area contributed by atoms with Crippen LogP contribution in [0.25, 0.3) is 0 Å². The number of hydrogen-bond acceptors (Lipinski definition) is 5. The van der Waals surface area contributed by atoms with Crippen LogP contribution in [0, 0.1) is 0 Å². The van der Waals surface area contributed by atoms with Crippen molar-refractivity contribution in [1.29, 1.82) is 0 Å². The molecule has 1 N–H and O–H groups in total. The molecule has 1 aromatic carbocycles. The Kier molecular flexibility index (Phi) is 6.87. The van der Waals surface area contributed by atoms with Gasteiger partial charge in [0.05, 0.1) is 33.4 Å². The molecule has 0 saturated carbocycles. The van der Waals surface area contributed by atoms with Crippen LogP contribution in [0.1, 0.15) is 37.9 Å². The maximum Gasteiger partial charge on any atom is 0.308 e. The largest absolute Gasteiger partial charge is 0.497 e. The van der Waals surface area contributed by atoms with Crippen LogP contribution in [0.15, 0.2) is 18.2 Å². The lowest BCUT2D eigenvalue weighted by atomic mass is 10.1. The molecule has 0 amide bonds. The van der Waals surface area contributed by atoms with Crippen molar-refractivity contribution in [2.45, 2.75) is 32.3 Å². The number of esters is 1. The zero-order valence-electron chi connectivity index (χ0n) is 12.2. The summed E-state index contributed by atoms with van der Waals surface area (Å²) in [5, 5.41) is 10.1. The second kappa shape index (κ2) is 8.43. The van der Waals surface area contributed by atoms with Crippen LogP contribution < -0.4 is 9.47 Å². The fourth-order valence-corrected chi connectivity index (χ4v) is 1.76. The molecule has 20 heavy (non-hydrogen) atoms. The van der Waals surface area contributed by atoms with Gasteiger partial charge in [0, 0.05) is 5.56 Å². The van der Waals surface area contributed by atoms with Crippen molar-refractivity contribution in [3.8, 4) is 11.5 Å². The molecule has 1 atom stereocenters. The van der Waals surface area contributed by atoms with Crippen LogP contribution in [-0.2, 0) is 9.53 Å². The highest BCUT2D eigenvalue weighted by Gasteiger charge is 2.18. The van der Waals surface area contributed by atoms with Gasteiger partial charge >= 0.3 is 5.97 Å². The molecular weight excluding hydrogens is 260 g/mol. The van der Waals surface area contributed by atoms with E-state index in [4.69, 9.17) is 14.2 Å². The van der Waals surface area contributed by atoms with Crippen LogP contribution in [0.5, 0.6) is 11.5 Å². The van der Waals surface area contributed by atoms with E-state index in [0.29, 0.717) is 23.7 Å². The molecule has 0 heterocycles. The van der Waals surface area contributed by atoms with E-state index in [9.17, 15) is 9.90 Å². The quantitative estimate of drug-likeness (QED) is 0.586.